The molecule has 0 heterocycles. The van der Waals surface area contributed by atoms with Gasteiger partial charge in [-0.05, 0) is 83.6 Å². The zero-order valence-electron chi connectivity index (χ0n) is 27.0. The van der Waals surface area contributed by atoms with E-state index >= 15 is 0 Å². The summed E-state index contributed by atoms with van der Waals surface area (Å²) in [5.41, 5.74) is -0.581. The lowest BCUT2D eigenvalue weighted by atomic mass is 10.1. The minimum absolute atomic E-state index is 0.00987. The molecule has 54 heavy (non-hydrogen) atoms. The van der Waals surface area contributed by atoms with Gasteiger partial charge in [-0.3, -0.25) is 18.5 Å². The van der Waals surface area contributed by atoms with Crippen molar-refractivity contribution in [1.82, 2.24) is 0 Å². The highest BCUT2D eigenvalue weighted by molar-refractivity contribution is 7.93. The second-order valence-corrected chi connectivity index (χ2v) is 17.7. The van der Waals surface area contributed by atoms with Gasteiger partial charge in [-0.15, -0.1) is 0 Å². The van der Waals surface area contributed by atoms with Gasteiger partial charge < -0.3 is 20.8 Å². The van der Waals surface area contributed by atoms with Crippen LogP contribution in [0.5, 0.6) is 11.5 Å². The van der Waals surface area contributed by atoms with Gasteiger partial charge in [-0.25, -0.2) is 21.6 Å². The van der Waals surface area contributed by atoms with E-state index in [1.54, 1.807) is 0 Å². The lowest BCUT2D eigenvalue weighted by molar-refractivity contribution is 0.262. The Kier molecular flexibility index (Phi) is 9.64. The molecular weight excluding hydrogens is 789 g/mol. The molecule has 0 saturated carbocycles. The largest absolute Gasteiger partial charge is 0.506 e. The number of nitrogens with one attached hydrogen (secondary N) is 4. The Hall–Kier alpha value is -5.97. The van der Waals surface area contributed by atoms with E-state index in [0.717, 1.165) is 48.5 Å². The van der Waals surface area contributed by atoms with Crippen LogP contribution in [0.4, 0.5) is 27.5 Å². The van der Waals surface area contributed by atoms with Crippen LogP contribution in [0.3, 0.4) is 0 Å². The summed E-state index contributed by atoms with van der Waals surface area (Å²) in [5.74, 6) is -0.969. The van der Waals surface area contributed by atoms with E-state index in [-0.39, 0.29) is 54.1 Å². The lowest BCUT2D eigenvalue weighted by Gasteiger charge is -2.15. The van der Waals surface area contributed by atoms with Crippen LogP contribution in [0.1, 0.15) is 0 Å². The standard InChI is InChI=1S/C33H26N4O13S4/c38-29-13-7-19-15-25(53(45,46)47)9-11-27(19)31(29)36-51(41,42)23-5-1-3-21(17-23)34-33(40)35-22-4-2-6-24(18-22)52(43,44)37-32-28-12-10-26(54(48,49)50)16-20(28)8-14-30(32)39/h1-18,36-39H,(H2,34,35,40)(H,45,46,47)(H,48,49,50). The Balaban J connectivity index is 1.19. The first-order valence-corrected chi connectivity index (χ1v) is 20.9. The number of carbonyl (C=O) groups is 1. The van der Waals surface area contributed by atoms with Gasteiger partial charge in [0.15, 0.2) is 0 Å². The summed E-state index contributed by atoms with van der Waals surface area (Å²) in [7, 11) is -18.0. The Morgan fingerprint density at radius 2 is 0.852 bits per heavy atom. The predicted molar refractivity (Wildman–Crippen MR) is 198 cm³/mol. The summed E-state index contributed by atoms with van der Waals surface area (Å²) in [6, 6.07) is 20.6. The van der Waals surface area contributed by atoms with Crippen molar-refractivity contribution in [2.24, 2.45) is 0 Å². The molecule has 8 N–H and O–H groups in total. The lowest BCUT2D eigenvalue weighted by Crippen LogP contribution is -2.20. The number of benzene rings is 6. The molecule has 0 aliphatic carbocycles. The topological polar surface area (TPSA) is 283 Å². The third-order valence-corrected chi connectivity index (χ3v) is 12.2. The zero-order valence-corrected chi connectivity index (χ0v) is 30.3. The van der Waals surface area contributed by atoms with Crippen LogP contribution < -0.4 is 20.1 Å². The molecule has 17 nitrogen and oxygen atoms in total. The van der Waals surface area contributed by atoms with E-state index in [9.17, 15) is 57.8 Å². The first-order valence-electron chi connectivity index (χ1n) is 15.0. The van der Waals surface area contributed by atoms with E-state index in [1.807, 2.05) is 0 Å². The van der Waals surface area contributed by atoms with Crippen molar-refractivity contribution >= 4 is 90.6 Å². The second kappa shape index (κ2) is 13.8. The SMILES string of the molecule is O=C(Nc1cccc(S(=O)(=O)Nc2c(O)ccc3cc(S(=O)(=O)O)ccc23)c1)Nc1cccc(S(=O)(=O)Nc2c(O)ccc3cc(S(=O)(=O)O)ccc23)c1. The fourth-order valence-corrected chi connectivity index (χ4v) is 8.60. The molecule has 0 bridgehead atoms. The molecule has 0 spiro atoms. The Morgan fingerprint density at radius 3 is 1.22 bits per heavy atom. The van der Waals surface area contributed by atoms with Crippen molar-refractivity contribution in [3.63, 3.8) is 0 Å². The number of hydrogen-bond donors (Lipinski definition) is 8. The monoisotopic (exact) mass is 814 g/mol. The number of sulfonamides is 2. The van der Waals surface area contributed by atoms with Gasteiger partial charge in [-0.2, -0.15) is 16.8 Å². The van der Waals surface area contributed by atoms with Crippen molar-refractivity contribution in [3.05, 3.63) is 109 Å². The first kappa shape index (κ1) is 37.8. The highest BCUT2D eigenvalue weighted by Crippen LogP contribution is 2.37. The molecule has 0 aliphatic rings. The normalized spacial score (nSPS) is 12.3. The molecule has 21 heteroatoms. The van der Waals surface area contributed by atoms with Gasteiger partial charge in [0.2, 0.25) is 0 Å². The molecule has 6 aromatic carbocycles. The van der Waals surface area contributed by atoms with E-state index in [4.69, 9.17) is 0 Å². The Morgan fingerprint density at radius 1 is 0.463 bits per heavy atom. The van der Waals surface area contributed by atoms with E-state index < -0.39 is 67.6 Å². The van der Waals surface area contributed by atoms with Gasteiger partial charge in [0, 0.05) is 22.1 Å². The van der Waals surface area contributed by atoms with Crippen molar-refractivity contribution in [2.75, 3.05) is 20.1 Å². The summed E-state index contributed by atoms with van der Waals surface area (Å²) in [6.45, 7) is 0. The Labute approximate surface area is 307 Å². The van der Waals surface area contributed by atoms with Crippen LogP contribution in [0.25, 0.3) is 21.5 Å². The van der Waals surface area contributed by atoms with Crippen LogP contribution in [0.15, 0.2) is 129 Å². The zero-order chi connectivity index (χ0) is 39.2. The Bertz CT molecular complexity index is 2770. The molecule has 280 valence electrons. The average molecular weight is 815 g/mol. The number of amides is 2. The number of fused-ring (bicyclic) bond motifs is 2. The number of aromatic hydroxyl groups is 2. The number of hydrogen-bond acceptors (Lipinski definition) is 11. The molecular formula is C33H26N4O13S4. The van der Waals surface area contributed by atoms with E-state index in [2.05, 4.69) is 20.1 Å². The number of phenolic OH excluding ortho intramolecular Hbond substituents is 2. The van der Waals surface area contributed by atoms with Crippen LogP contribution >= 0.6 is 0 Å². The molecule has 6 aromatic rings. The fourth-order valence-electron chi connectivity index (χ4n) is 5.29. The van der Waals surface area contributed by atoms with Crippen LogP contribution in [0.2, 0.25) is 0 Å². The van der Waals surface area contributed by atoms with E-state index in [1.165, 1.54) is 60.7 Å². The predicted octanol–water partition coefficient (Wildman–Crippen LogP) is 5.14. The number of rotatable bonds is 10. The molecule has 0 atom stereocenters. The first-order chi connectivity index (χ1) is 25.2. The van der Waals surface area contributed by atoms with Gasteiger partial charge >= 0.3 is 6.03 Å². The fraction of sp³-hybridized carbons (Fsp3) is 0. The smallest absolute Gasteiger partial charge is 0.323 e. The van der Waals surface area contributed by atoms with Crippen molar-refractivity contribution in [1.29, 1.82) is 0 Å². The minimum atomic E-state index is -4.56. The third kappa shape index (κ3) is 8.00. The summed E-state index contributed by atoms with van der Waals surface area (Å²) < 4.78 is 123. The summed E-state index contributed by atoms with van der Waals surface area (Å²) in [6.07, 6.45) is 0. The molecule has 6 rings (SSSR count). The molecule has 0 radical (unpaired) electrons. The maximum Gasteiger partial charge on any atom is 0.323 e. The summed E-state index contributed by atoms with van der Waals surface area (Å²) in [4.78, 5) is 11.3. The van der Waals surface area contributed by atoms with Gasteiger partial charge in [-0.1, -0.05) is 36.4 Å². The van der Waals surface area contributed by atoms with Crippen LogP contribution in [-0.2, 0) is 40.3 Å². The molecule has 0 saturated heterocycles. The number of carbonyl (C=O) groups excluding carboxylic acids is 1. The maximum absolute atomic E-state index is 13.4. The molecule has 0 fully saturated rings. The number of phenols is 2. The van der Waals surface area contributed by atoms with Gasteiger partial charge in [0.1, 0.15) is 11.5 Å². The van der Waals surface area contributed by atoms with Crippen molar-refractivity contribution in [3.8, 4) is 11.5 Å². The van der Waals surface area contributed by atoms with Crippen LogP contribution in [0, 0.1) is 0 Å². The highest BCUT2D eigenvalue weighted by atomic mass is 32.2. The molecule has 2 amide bonds. The maximum atomic E-state index is 13.4. The summed E-state index contributed by atoms with van der Waals surface area (Å²) >= 11 is 0. The number of anilines is 4. The van der Waals surface area contributed by atoms with E-state index in [0.29, 0.717) is 0 Å². The quantitative estimate of drug-likeness (QED) is 0.0657. The molecule has 0 aliphatic heterocycles. The molecule has 0 unspecified atom stereocenters. The highest BCUT2D eigenvalue weighted by Gasteiger charge is 2.22. The van der Waals surface area contributed by atoms with Crippen LogP contribution in [-0.4, -0.2) is 59.0 Å². The minimum Gasteiger partial charge on any atom is -0.506 e. The average Bonchev–Trinajstić information content (AvgIpc) is 3.09. The number of urea groups is 1. The second-order valence-electron chi connectivity index (χ2n) is 11.5. The van der Waals surface area contributed by atoms with Crippen molar-refractivity contribution in [2.45, 2.75) is 19.6 Å². The third-order valence-electron chi connectivity index (χ3n) is 7.81. The van der Waals surface area contributed by atoms with Gasteiger partial charge in [0.25, 0.3) is 40.3 Å². The molecule has 0 aromatic heterocycles. The summed E-state index contributed by atoms with van der Waals surface area (Å²) in [5, 5.41) is 26.4. The van der Waals surface area contributed by atoms with Crippen molar-refractivity contribution < 1.29 is 57.8 Å². The van der Waals surface area contributed by atoms with Gasteiger partial charge in [0.05, 0.1) is 31.0 Å².